The first-order valence-electron chi connectivity index (χ1n) is 9.98. The Morgan fingerprint density at radius 1 is 0.839 bits per heavy atom. The molecule has 0 saturated heterocycles. The fourth-order valence-corrected chi connectivity index (χ4v) is 3.06. The molecule has 1 atom stereocenters. The standard InChI is InChI=1S/C25H26N2O4/c1-16-10-9-14-20(17(16)2)26-21-12-6-5-11-19(21)25(29)31-18(3)24(28)27-22-13-7-8-15-23(22)30-4/h5-15,18,26H,1-4H3,(H,27,28)/t18-/m1/s1. The largest absolute Gasteiger partial charge is 0.495 e. The molecule has 3 aromatic carbocycles. The number of rotatable bonds is 7. The van der Waals surface area contributed by atoms with Crippen molar-refractivity contribution in [2.45, 2.75) is 26.9 Å². The Kier molecular flexibility index (Phi) is 6.92. The van der Waals surface area contributed by atoms with Gasteiger partial charge in [0.1, 0.15) is 5.75 Å². The lowest BCUT2D eigenvalue weighted by molar-refractivity contribution is -0.123. The van der Waals surface area contributed by atoms with Gasteiger partial charge < -0.3 is 20.1 Å². The maximum absolute atomic E-state index is 12.8. The van der Waals surface area contributed by atoms with E-state index < -0.39 is 18.0 Å². The summed E-state index contributed by atoms with van der Waals surface area (Å²) in [7, 11) is 1.52. The van der Waals surface area contributed by atoms with Crippen LogP contribution in [0.2, 0.25) is 0 Å². The maximum atomic E-state index is 12.8. The molecule has 0 aliphatic carbocycles. The van der Waals surface area contributed by atoms with E-state index in [0.717, 1.165) is 16.8 Å². The average molecular weight is 418 g/mol. The molecule has 0 bridgehead atoms. The molecule has 31 heavy (non-hydrogen) atoms. The lowest BCUT2D eigenvalue weighted by atomic mass is 10.1. The summed E-state index contributed by atoms with van der Waals surface area (Å²) in [5.74, 6) is -0.508. The SMILES string of the molecule is COc1ccccc1NC(=O)[C@@H](C)OC(=O)c1ccccc1Nc1cccc(C)c1C. The van der Waals surface area contributed by atoms with Crippen molar-refractivity contribution in [3.8, 4) is 5.75 Å². The molecule has 6 heteroatoms. The minimum atomic E-state index is -0.994. The van der Waals surface area contributed by atoms with Crippen LogP contribution in [0, 0.1) is 13.8 Å². The average Bonchev–Trinajstić information content (AvgIpc) is 2.77. The first kappa shape index (κ1) is 21.9. The number of nitrogens with one attached hydrogen (secondary N) is 2. The molecule has 0 unspecified atom stereocenters. The summed E-state index contributed by atoms with van der Waals surface area (Å²) in [4.78, 5) is 25.4. The summed E-state index contributed by atoms with van der Waals surface area (Å²) in [5, 5.41) is 6.03. The topological polar surface area (TPSA) is 76.7 Å². The van der Waals surface area contributed by atoms with Gasteiger partial charge in [0.15, 0.2) is 6.10 Å². The van der Waals surface area contributed by atoms with Gasteiger partial charge in [0.05, 0.1) is 24.0 Å². The van der Waals surface area contributed by atoms with E-state index in [1.54, 1.807) is 42.5 Å². The van der Waals surface area contributed by atoms with Crippen LogP contribution in [0.4, 0.5) is 17.1 Å². The number of benzene rings is 3. The highest BCUT2D eigenvalue weighted by atomic mass is 16.5. The van der Waals surface area contributed by atoms with Crippen LogP contribution in [0.5, 0.6) is 5.75 Å². The lowest BCUT2D eigenvalue weighted by Crippen LogP contribution is -2.30. The fourth-order valence-electron chi connectivity index (χ4n) is 3.06. The van der Waals surface area contributed by atoms with E-state index in [1.807, 2.05) is 38.1 Å². The predicted octanol–water partition coefficient (Wildman–Crippen LogP) is 5.24. The van der Waals surface area contributed by atoms with Crippen molar-refractivity contribution >= 4 is 28.9 Å². The highest BCUT2D eigenvalue weighted by Gasteiger charge is 2.22. The van der Waals surface area contributed by atoms with Crippen LogP contribution in [0.15, 0.2) is 66.7 Å². The highest BCUT2D eigenvalue weighted by molar-refractivity contribution is 6.00. The summed E-state index contributed by atoms with van der Waals surface area (Å²) in [6.07, 6.45) is -0.994. The third-order valence-electron chi connectivity index (χ3n) is 5.04. The number of hydrogen-bond donors (Lipinski definition) is 2. The Balaban J connectivity index is 1.73. The molecular formula is C25H26N2O4. The van der Waals surface area contributed by atoms with E-state index in [2.05, 4.69) is 10.6 Å². The summed E-state index contributed by atoms with van der Waals surface area (Å²) in [5.41, 5.74) is 4.61. The summed E-state index contributed by atoms with van der Waals surface area (Å²) >= 11 is 0. The maximum Gasteiger partial charge on any atom is 0.341 e. The molecule has 3 rings (SSSR count). The third-order valence-corrected chi connectivity index (χ3v) is 5.04. The van der Waals surface area contributed by atoms with Crippen LogP contribution in [-0.2, 0) is 9.53 Å². The summed E-state index contributed by atoms with van der Waals surface area (Å²) in [6, 6.07) is 20.0. The van der Waals surface area contributed by atoms with Gasteiger partial charge in [-0.25, -0.2) is 4.79 Å². The van der Waals surface area contributed by atoms with E-state index in [-0.39, 0.29) is 0 Å². The van der Waals surface area contributed by atoms with Crippen LogP contribution in [-0.4, -0.2) is 25.1 Å². The number of aryl methyl sites for hydroxylation is 1. The van der Waals surface area contributed by atoms with Crippen molar-refractivity contribution in [3.05, 3.63) is 83.4 Å². The molecule has 0 radical (unpaired) electrons. The zero-order valence-electron chi connectivity index (χ0n) is 18.1. The molecule has 0 heterocycles. The van der Waals surface area contributed by atoms with E-state index >= 15 is 0 Å². The number of methoxy groups -OCH3 is 1. The Morgan fingerprint density at radius 3 is 2.23 bits per heavy atom. The molecule has 0 saturated carbocycles. The summed E-state index contributed by atoms with van der Waals surface area (Å²) < 4.78 is 10.7. The third kappa shape index (κ3) is 5.22. The number of anilines is 3. The van der Waals surface area contributed by atoms with Crippen molar-refractivity contribution in [2.24, 2.45) is 0 Å². The smallest absolute Gasteiger partial charge is 0.341 e. The van der Waals surface area contributed by atoms with Crippen molar-refractivity contribution in [1.82, 2.24) is 0 Å². The fraction of sp³-hybridized carbons (Fsp3) is 0.200. The van der Waals surface area contributed by atoms with E-state index in [1.165, 1.54) is 14.0 Å². The van der Waals surface area contributed by atoms with Crippen molar-refractivity contribution in [2.75, 3.05) is 17.7 Å². The van der Waals surface area contributed by atoms with Crippen molar-refractivity contribution in [3.63, 3.8) is 0 Å². The molecule has 2 N–H and O–H groups in total. The van der Waals surface area contributed by atoms with Gasteiger partial charge in [0.2, 0.25) is 0 Å². The van der Waals surface area contributed by atoms with Crippen molar-refractivity contribution < 1.29 is 19.1 Å². The lowest BCUT2D eigenvalue weighted by Gasteiger charge is -2.17. The van der Waals surface area contributed by atoms with Crippen LogP contribution < -0.4 is 15.4 Å². The van der Waals surface area contributed by atoms with Gasteiger partial charge in [-0.1, -0.05) is 36.4 Å². The molecule has 0 fully saturated rings. The highest BCUT2D eigenvalue weighted by Crippen LogP contribution is 2.26. The second-order valence-electron chi connectivity index (χ2n) is 7.16. The molecule has 0 aliphatic heterocycles. The van der Waals surface area contributed by atoms with E-state index in [9.17, 15) is 9.59 Å². The summed E-state index contributed by atoms with van der Waals surface area (Å²) in [6.45, 7) is 5.58. The molecule has 6 nitrogen and oxygen atoms in total. The molecule has 1 amide bonds. The predicted molar refractivity (Wildman–Crippen MR) is 122 cm³/mol. The zero-order valence-corrected chi connectivity index (χ0v) is 18.1. The van der Waals surface area contributed by atoms with Gasteiger partial charge in [-0.05, 0) is 62.2 Å². The Hall–Kier alpha value is -3.80. The van der Waals surface area contributed by atoms with Gasteiger partial charge in [-0.15, -0.1) is 0 Å². The molecular weight excluding hydrogens is 392 g/mol. The quantitative estimate of drug-likeness (QED) is 0.513. The first-order chi connectivity index (χ1) is 14.9. The Bertz CT molecular complexity index is 1090. The van der Waals surface area contributed by atoms with Gasteiger partial charge in [-0.3, -0.25) is 4.79 Å². The Labute approximate surface area is 182 Å². The number of hydrogen-bond acceptors (Lipinski definition) is 5. The molecule has 0 spiro atoms. The molecule has 160 valence electrons. The molecule has 0 aromatic heterocycles. The normalized spacial score (nSPS) is 11.4. The monoisotopic (exact) mass is 418 g/mol. The minimum Gasteiger partial charge on any atom is -0.495 e. The van der Waals surface area contributed by atoms with Crippen LogP contribution in [0.3, 0.4) is 0 Å². The van der Waals surface area contributed by atoms with E-state index in [0.29, 0.717) is 22.7 Å². The van der Waals surface area contributed by atoms with Crippen LogP contribution in [0.1, 0.15) is 28.4 Å². The number of amides is 1. The number of para-hydroxylation sites is 3. The first-order valence-corrected chi connectivity index (χ1v) is 9.98. The number of ether oxygens (including phenoxy) is 2. The second-order valence-corrected chi connectivity index (χ2v) is 7.16. The van der Waals surface area contributed by atoms with Gasteiger partial charge in [0, 0.05) is 5.69 Å². The number of carbonyl (C=O) groups is 2. The minimum absolute atomic E-state index is 0.348. The number of carbonyl (C=O) groups excluding carboxylic acids is 2. The van der Waals surface area contributed by atoms with Gasteiger partial charge in [0.25, 0.3) is 5.91 Å². The zero-order chi connectivity index (χ0) is 22.4. The van der Waals surface area contributed by atoms with Crippen molar-refractivity contribution in [1.29, 1.82) is 0 Å². The van der Waals surface area contributed by atoms with Gasteiger partial charge >= 0.3 is 5.97 Å². The molecule has 0 aliphatic rings. The van der Waals surface area contributed by atoms with Crippen LogP contribution >= 0.6 is 0 Å². The van der Waals surface area contributed by atoms with E-state index in [4.69, 9.17) is 9.47 Å². The number of esters is 1. The van der Waals surface area contributed by atoms with Crippen LogP contribution in [0.25, 0.3) is 0 Å². The second kappa shape index (κ2) is 9.80. The molecule has 3 aromatic rings. The van der Waals surface area contributed by atoms with Gasteiger partial charge in [-0.2, -0.15) is 0 Å². The Morgan fingerprint density at radius 2 is 1.48 bits per heavy atom.